The number of pyridine rings is 1. The van der Waals surface area contributed by atoms with Gasteiger partial charge in [0.1, 0.15) is 18.2 Å². The molecule has 8 nitrogen and oxygen atoms in total. The Labute approximate surface area is 207 Å². The third kappa shape index (κ3) is 4.78. The van der Waals surface area contributed by atoms with E-state index in [1.165, 1.54) is 13.0 Å². The molecule has 0 saturated carbocycles. The maximum atomic E-state index is 6.11. The molecule has 35 heavy (non-hydrogen) atoms. The lowest BCUT2D eigenvalue weighted by atomic mass is 10.1. The molecule has 6 rings (SSSR count). The van der Waals surface area contributed by atoms with Crippen molar-refractivity contribution in [1.82, 2.24) is 24.3 Å². The summed E-state index contributed by atoms with van der Waals surface area (Å²) in [5, 5.41) is 0. The molecule has 0 bridgehead atoms. The zero-order valence-electron chi connectivity index (χ0n) is 20.5. The van der Waals surface area contributed by atoms with Crippen molar-refractivity contribution in [3.05, 3.63) is 54.2 Å². The highest BCUT2D eigenvalue weighted by atomic mass is 16.5. The summed E-state index contributed by atoms with van der Waals surface area (Å²) in [4.78, 5) is 16.9. The van der Waals surface area contributed by atoms with E-state index in [0.29, 0.717) is 6.61 Å². The van der Waals surface area contributed by atoms with E-state index in [1.54, 1.807) is 0 Å². The molecular weight excluding hydrogens is 440 g/mol. The first kappa shape index (κ1) is 22.5. The fourth-order valence-electron chi connectivity index (χ4n) is 5.26. The van der Waals surface area contributed by atoms with Crippen molar-refractivity contribution in [1.29, 1.82) is 0 Å². The molecule has 0 atom stereocenters. The first-order valence-corrected chi connectivity index (χ1v) is 12.8. The van der Waals surface area contributed by atoms with E-state index in [0.717, 1.165) is 98.9 Å². The third-order valence-corrected chi connectivity index (χ3v) is 7.21. The number of anilines is 1. The van der Waals surface area contributed by atoms with E-state index in [9.17, 15) is 0 Å². The Bertz CT molecular complexity index is 1150. The van der Waals surface area contributed by atoms with Gasteiger partial charge in [0.15, 0.2) is 5.82 Å². The van der Waals surface area contributed by atoms with Crippen LogP contribution in [0.15, 0.2) is 42.7 Å². The summed E-state index contributed by atoms with van der Waals surface area (Å²) in [6, 6.07) is 10.7. The number of rotatable bonds is 6. The van der Waals surface area contributed by atoms with Crippen LogP contribution in [0.1, 0.15) is 24.9 Å². The van der Waals surface area contributed by atoms with Crippen LogP contribution < -0.4 is 9.64 Å². The number of hydrogen-bond acceptors (Lipinski definition) is 7. The lowest BCUT2D eigenvalue weighted by Crippen LogP contribution is -2.46. The molecule has 0 amide bonds. The molecule has 0 aliphatic carbocycles. The van der Waals surface area contributed by atoms with Crippen molar-refractivity contribution in [3.8, 4) is 22.6 Å². The van der Waals surface area contributed by atoms with Crippen molar-refractivity contribution in [2.24, 2.45) is 0 Å². The third-order valence-electron chi connectivity index (χ3n) is 7.21. The summed E-state index contributed by atoms with van der Waals surface area (Å²) in [6.45, 7) is 12.6. The second-order valence-electron chi connectivity index (χ2n) is 9.61. The molecule has 2 aromatic heterocycles. The predicted octanol–water partition coefficient (Wildman–Crippen LogP) is 3.19. The number of fused-ring (bicyclic) bond motifs is 3. The monoisotopic (exact) mass is 474 g/mol. The van der Waals surface area contributed by atoms with Crippen LogP contribution in [-0.4, -0.2) is 83.4 Å². The minimum Gasteiger partial charge on any atom is -0.483 e. The van der Waals surface area contributed by atoms with Gasteiger partial charge in [-0.15, -0.1) is 0 Å². The summed E-state index contributed by atoms with van der Waals surface area (Å²) in [5.41, 5.74) is 4.35. The quantitative estimate of drug-likeness (QED) is 0.544. The average molecular weight is 475 g/mol. The number of piperazine rings is 1. The highest BCUT2D eigenvalue weighted by Gasteiger charge is 2.22. The average Bonchev–Trinajstić information content (AvgIpc) is 3.33. The topological polar surface area (TPSA) is 58.9 Å². The number of benzene rings is 1. The number of nitrogens with zero attached hydrogens (tertiary/aromatic N) is 6. The summed E-state index contributed by atoms with van der Waals surface area (Å²) in [5.74, 6) is 2.91. The van der Waals surface area contributed by atoms with Gasteiger partial charge in [-0.3, -0.25) is 14.4 Å². The van der Waals surface area contributed by atoms with E-state index < -0.39 is 0 Å². The summed E-state index contributed by atoms with van der Waals surface area (Å²) in [7, 11) is 0. The minimum absolute atomic E-state index is 0.487. The fraction of sp³-hybridized carbons (Fsp3) is 0.481. The number of hydrogen-bond donors (Lipinski definition) is 0. The standard InChI is InChI=1S/C27H34N6O2/c1-2-7-30-8-10-32(11-9-30)26-6-4-22(17-28-26)21-3-5-24-25(16-21)35-20-27-29-23(19-33(24)27)18-31-12-14-34-15-13-31/h3-6,16-17,19H,2,7-15,18,20H2,1H3. The van der Waals surface area contributed by atoms with Crippen molar-refractivity contribution in [3.63, 3.8) is 0 Å². The Balaban J connectivity index is 1.16. The molecule has 3 aromatic rings. The van der Waals surface area contributed by atoms with Gasteiger partial charge in [-0.2, -0.15) is 0 Å². The first-order chi connectivity index (χ1) is 17.3. The van der Waals surface area contributed by atoms with Crippen LogP contribution in [0.4, 0.5) is 5.82 Å². The molecule has 0 N–H and O–H groups in total. The normalized spacial score (nSPS) is 18.7. The Morgan fingerprint density at radius 3 is 2.51 bits per heavy atom. The Morgan fingerprint density at radius 2 is 1.74 bits per heavy atom. The van der Waals surface area contributed by atoms with Crippen molar-refractivity contribution < 1.29 is 9.47 Å². The zero-order chi connectivity index (χ0) is 23.6. The van der Waals surface area contributed by atoms with Gasteiger partial charge in [-0.25, -0.2) is 9.97 Å². The van der Waals surface area contributed by atoms with Gasteiger partial charge in [-0.1, -0.05) is 13.0 Å². The predicted molar refractivity (Wildman–Crippen MR) is 136 cm³/mol. The number of ether oxygens (including phenoxy) is 2. The van der Waals surface area contributed by atoms with Crippen molar-refractivity contribution in [2.45, 2.75) is 26.5 Å². The van der Waals surface area contributed by atoms with Crippen LogP contribution >= 0.6 is 0 Å². The Kier molecular flexibility index (Phi) is 6.41. The highest BCUT2D eigenvalue weighted by molar-refractivity contribution is 5.69. The van der Waals surface area contributed by atoms with Gasteiger partial charge < -0.3 is 14.4 Å². The molecule has 0 spiro atoms. The van der Waals surface area contributed by atoms with Crippen molar-refractivity contribution >= 4 is 5.82 Å². The summed E-state index contributed by atoms with van der Waals surface area (Å²) < 4.78 is 13.8. The maximum Gasteiger partial charge on any atom is 0.151 e. The molecule has 3 aliphatic heterocycles. The van der Waals surface area contributed by atoms with E-state index in [-0.39, 0.29) is 0 Å². The van der Waals surface area contributed by atoms with Gasteiger partial charge >= 0.3 is 0 Å². The highest BCUT2D eigenvalue weighted by Crippen LogP contribution is 2.34. The molecular formula is C27H34N6O2. The Hall–Kier alpha value is -2.94. The Morgan fingerprint density at radius 1 is 0.914 bits per heavy atom. The van der Waals surface area contributed by atoms with Crippen LogP contribution in [0, 0.1) is 0 Å². The van der Waals surface area contributed by atoms with Crippen LogP contribution in [0.3, 0.4) is 0 Å². The molecule has 5 heterocycles. The second kappa shape index (κ2) is 9.97. The van der Waals surface area contributed by atoms with Crippen LogP contribution in [0.5, 0.6) is 5.75 Å². The molecule has 1 aromatic carbocycles. The van der Waals surface area contributed by atoms with Gasteiger partial charge in [0.05, 0.1) is 24.6 Å². The lowest BCUT2D eigenvalue weighted by Gasteiger charge is -2.35. The molecule has 3 aliphatic rings. The smallest absolute Gasteiger partial charge is 0.151 e. The number of morpholine rings is 1. The molecule has 0 radical (unpaired) electrons. The van der Waals surface area contributed by atoms with E-state index >= 15 is 0 Å². The van der Waals surface area contributed by atoms with Crippen LogP contribution in [-0.2, 0) is 17.9 Å². The van der Waals surface area contributed by atoms with Crippen LogP contribution in [0.2, 0.25) is 0 Å². The van der Waals surface area contributed by atoms with Crippen molar-refractivity contribution in [2.75, 3.05) is 63.9 Å². The lowest BCUT2D eigenvalue weighted by molar-refractivity contribution is 0.0337. The molecule has 2 saturated heterocycles. The van der Waals surface area contributed by atoms with E-state index in [2.05, 4.69) is 62.7 Å². The van der Waals surface area contributed by atoms with E-state index in [1.807, 2.05) is 6.20 Å². The van der Waals surface area contributed by atoms with Crippen LogP contribution in [0.25, 0.3) is 16.8 Å². The number of aromatic nitrogens is 3. The zero-order valence-corrected chi connectivity index (χ0v) is 20.5. The number of imidazole rings is 1. The molecule has 0 unspecified atom stereocenters. The summed E-state index contributed by atoms with van der Waals surface area (Å²) >= 11 is 0. The largest absolute Gasteiger partial charge is 0.483 e. The second-order valence-corrected chi connectivity index (χ2v) is 9.61. The molecule has 184 valence electrons. The van der Waals surface area contributed by atoms with Gasteiger partial charge in [-0.05, 0) is 42.8 Å². The van der Waals surface area contributed by atoms with Gasteiger partial charge in [0.25, 0.3) is 0 Å². The van der Waals surface area contributed by atoms with Gasteiger partial charge in [0.2, 0.25) is 0 Å². The van der Waals surface area contributed by atoms with E-state index in [4.69, 9.17) is 19.4 Å². The molecule has 2 fully saturated rings. The minimum atomic E-state index is 0.487. The summed E-state index contributed by atoms with van der Waals surface area (Å²) in [6.07, 6.45) is 5.36. The molecule has 8 heteroatoms. The fourth-order valence-corrected chi connectivity index (χ4v) is 5.26. The van der Waals surface area contributed by atoms with Gasteiger partial charge in [0, 0.05) is 63.8 Å². The SMILES string of the molecule is CCCN1CCN(c2ccc(-c3ccc4c(c3)OCc3nc(CN5CCOCC5)cn3-4)cn2)CC1. The maximum absolute atomic E-state index is 6.11. The first-order valence-electron chi connectivity index (χ1n) is 12.8.